The molecule has 0 radical (unpaired) electrons. The highest BCUT2D eigenvalue weighted by Gasteiger charge is 2.14. The van der Waals surface area contributed by atoms with Crippen molar-refractivity contribution in [1.29, 1.82) is 0 Å². The summed E-state index contributed by atoms with van der Waals surface area (Å²) in [5.74, 6) is 1.97. The van der Waals surface area contributed by atoms with Gasteiger partial charge in [0.2, 0.25) is 6.79 Å². The monoisotopic (exact) mass is 402 g/mol. The number of hydrogen-bond acceptors (Lipinski definition) is 6. The number of carbonyl (C=O) groups excluding carboxylic acids is 1. The lowest BCUT2D eigenvalue weighted by atomic mass is 10.2. The van der Waals surface area contributed by atoms with Crippen molar-refractivity contribution in [2.24, 2.45) is 0 Å². The maximum Gasteiger partial charge on any atom is 0.332 e. The van der Waals surface area contributed by atoms with Gasteiger partial charge in [-0.05, 0) is 47.5 Å². The van der Waals surface area contributed by atoms with E-state index in [2.05, 4.69) is 0 Å². The zero-order valence-corrected chi connectivity index (χ0v) is 16.2. The molecule has 1 aliphatic heterocycles. The SMILES string of the molecule is COc1ccc(C=CCOC(=O)C=C(Cl)c2ccc3c(c2)OCO3)cc1OC. The van der Waals surface area contributed by atoms with Crippen LogP contribution in [0, 0.1) is 0 Å². The Bertz CT molecular complexity index is 919. The Morgan fingerprint density at radius 3 is 2.64 bits per heavy atom. The van der Waals surface area contributed by atoms with Crippen LogP contribution in [0.2, 0.25) is 0 Å². The predicted molar refractivity (Wildman–Crippen MR) is 106 cm³/mol. The Morgan fingerprint density at radius 2 is 1.86 bits per heavy atom. The number of halogens is 1. The van der Waals surface area contributed by atoms with Crippen LogP contribution in [0.1, 0.15) is 11.1 Å². The van der Waals surface area contributed by atoms with Crippen LogP contribution in [-0.2, 0) is 9.53 Å². The molecular formula is C21H19ClO6. The van der Waals surface area contributed by atoms with Crippen molar-refractivity contribution in [3.63, 3.8) is 0 Å². The minimum atomic E-state index is -0.542. The number of hydrogen-bond donors (Lipinski definition) is 0. The molecule has 2 aromatic rings. The van der Waals surface area contributed by atoms with Crippen molar-refractivity contribution in [2.45, 2.75) is 0 Å². The summed E-state index contributed by atoms with van der Waals surface area (Å²) < 4.78 is 26.1. The Labute approximate surface area is 167 Å². The summed E-state index contributed by atoms with van der Waals surface area (Å²) in [6.45, 7) is 0.281. The van der Waals surface area contributed by atoms with Crippen molar-refractivity contribution in [1.82, 2.24) is 0 Å². The molecule has 1 aliphatic rings. The molecule has 0 bridgehead atoms. The lowest BCUT2D eigenvalue weighted by molar-refractivity contribution is -0.136. The lowest BCUT2D eigenvalue weighted by Crippen LogP contribution is -2.00. The molecule has 0 amide bonds. The molecule has 0 atom stereocenters. The average molecular weight is 403 g/mol. The number of methoxy groups -OCH3 is 2. The van der Waals surface area contributed by atoms with Crippen LogP contribution >= 0.6 is 11.6 Å². The van der Waals surface area contributed by atoms with Gasteiger partial charge in [-0.15, -0.1) is 0 Å². The van der Waals surface area contributed by atoms with Gasteiger partial charge in [-0.1, -0.05) is 23.7 Å². The molecular weight excluding hydrogens is 384 g/mol. The standard InChI is InChI=1S/C21H19ClO6/c1-24-17-7-5-14(10-19(17)25-2)4-3-9-26-21(23)12-16(22)15-6-8-18-20(11-15)28-13-27-18/h3-8,10-12H,9,13H2,1-2H3. The van der Waals surface area contributed by atoms with E-state index in [9.17, 15) is 4.79 Å². The van der Waals surface area contributed by atoms with Crippen LogP contribution in [0.5, 0.6) is 23.0 Å². The van der Waals surface area contributed by atoms with Crippen LogP contribution in [0.25, 0.3) is 11.1 Å². The smallest absolute Gasteiger partial charge is 0.332 e. The molecule has 0 aromatic heterocycles. The lowest BCUT2D eigenvalue weighted by Gasteiger charge is -2.07. The van der Waals surface area contributed by atoms with E-state index in [4.69, 9.17) is 35.3 Å². The molecule has 0 fully saturated rings. The summed E-state index contributed by atoms with van der Waals surface area (Å²) in [6.07, 6.45) is 4.77. The van der Waals surface area contributed by atoms with Gasteiger partial charge in [0.15, 0.2) is 23.0 Å². The van der Waals surface area contributed by atoms with Gasteiger partial charge in [-0.3, -0.25) is 0 Å². The zero-order chi connectivity index (χ0) is 19.9. The summed E-state index contributed by atoms with van der Waals surface area (Å²) >= 11 is 6.19. The predicted octanol–water partition coefficient (Wildman–Crippen LogP) is 4.27. The Balaban J connectivity index is 1.55. The molecule has 146 valence electrons. The van der Waals surface area contributed by atoms with Crippen molar-refractivity contribution in [3.8, 4) is 23.0 Å². The van der Waals surface area contributed by atoms with Gasteiger partial charge in [-0.2, -0.15) is 0 Å². The molecule has 1 heterocycles. The maximum absolute atomic E-state index is 11.9. The third-order valence-electron chi connectivity index (χ3n) is 3.93. The number of carbonyl (C=O) groups is 1. The van der Waals surface area contributed by atoms with Crippen molar-refractivity contribution < 1.29 is 28.5 Å². The van der Waals surface area contributed by atoms with E-state index in [1.54, 1.807) is 44.6 Å². The Kier molecular flexibility index (Phi) is 6.45. The second-order valence-corrected chi connectivity index (χ2v) is 6.11. The van der Waals surface area contributed by atoms with Gasteiger partial charge in [-0.25, -0.2) is 4.79 Å². The highest BCUT2D eigenvalue weighted by Crippen LogP contribution is 2.35. The topological polar surface area (TPSA) is 63.2 Å². The first-order chi connectivity index (χ1) is 13.6. The van der Waals surface area contributed by atoms with E-state index >= 15 is 0 Å². The number of fused-ring (bicyclic) bond motifs is 1. The van der Waals surface area contributed by atoms with Crippen molar-refractivity contribution >= 4 is 28.7 Å². The molecule has 0 aliphatic carbocycles. The molecule has 0 unspecified atom stereocenters. The molecule has 7 heteroatoms. The van der Waals surface area contributed by atoms with Crippen LogP contribution in [0.3, 0.4) is 0 Å². The van der Waals surface area contributed by atoms with E-state index in [0.29, 0.717) is 28.6 Å². The van der Waals surface area contributed by atoms with Crippen LogP contribution in [0.4, 0.5) is 0 Å². The summed E-state index contributed by atoms with van der Waals surface area (Å²) in [7, 11) is 3.15. The second-order valence-electron chi connectivity index (χ2n) is 5.71. The van der Waals surface area contributed by atoms with E-state index in [1.165, 1.54) is 6.08 Å². The van der Waals surface area contributed by atoms with E-state index in [0.717, 1.165) is 5.56 Å². The summed E-state index contributed by atoms with van der Waals surface area (Å²) in [4.78, 5) is 11.9. The zero-order valence-electron chi connectivity index (χ0n) is 15.4. The maximum atomic E-state index is 11.9. The first-order valence-corrected chi connectivity index (χ1v) is 8.81. The fraction of sp³-hybridized carbons (Fsp3) is 0.190. The van der Waals surface area contributed by atoms with E-state index in [-0.39, 0.29) is 18.4 Å². The van der Waals surface area contributed by atoms with Gasteiger partial charge >= 0.3 is 5.97 Å². The quantitative estimate of drug-likeness (QED) is 0.509. The van der Waals surface area contributed by atoms with Crippen molar-refractivity contribution in [3.05, 3.63) is 59.7 Å². The summed E-state index contributed by atoms with van der Waals surface area (Å²) in [5, 5.41) is 0.257. The van der Waals surface area contributed by atoms with E-state index < -0.39 is 5.97 Å². The fourth-order valence-corrected chi connectivity index (χ4v) is 2.75. The molecule has 2 aromatic carbocycles. The molecule has 0 saturated heterocycles. The Hall–Kier alpha value is -3.12. The van der Waals surface area contributed by atoms with E-state index in [1.807, 2.05) is 18.2 Å². The van der Waals surface area contributed by atoms with Crippen molar-refractivity contribution in [2.75, 3.05) is 27.6 Å². The largest absolute Gasteiger partial charge is 0.493 e. The number of esters is 1. The highest BCUT2D eigenvalue weighted by atomic mass is 35.5. The normalized spacial score (nSPS) is 12.9. The molecule has 0 spiro atoms. The number of benzene rings is 2. The molecule has 0 N–H and O–H groups in total. The summed E-state index contributed by atoms with van der Waals surface area (Å²) in [6, 6.07) is 10.7. The third-order valence-corrected chi connectivity index (χ3v) is 4.26. The van der Waals surface area contributed by atoms with Gasteiger partial charge in [0.05, 0.1) is 19.3 Å². The minimum Gasteiger partial charge on any atom is -0.493 e. The first kappa shape index (κ1) is 19.6. The average Bonchev–Trinajstić information content (AvgIpc) is 3.18. The second kappa shape index (κ2) is 9.19. The highest BCUT2D eigenvalue weighted by molar-refractivity contribution is 6.50. The number of ether oxygens (including phenoxy) is 5. The number of rotatable bonds is 7. The molecule has 0 saturated carbocycles. The molecule has 28 heavy (non-hydrogen) atoms. The first-order valence-electron chi connectivity index (χ1n) is 8.43. The minimum absolute atomic E-state index is 0.106. The van der Waals surface area contributed by atoms with Gasteiger partial charge in [0, 0.05) is 6.08 Å². The molecule has 6 nitrogen and oxygen atoms in total. The van der Waals surface area contributed by atoms with Crippen LogP contribution in [0.15, 0.2) is 48.6 Å². The van der Waals surface area contributed by atoms with Gasteiger partial charge in [0.25, 0.3) is 0 Å². The fourth-order valence-electron chi connectivity index (χ4n) is 2.54. The van der Waals surface area contributed by atoms with Gasteiger partial charge in [0.1, 0.15) is 6.61 Å². The van der Waals surface area contributed by atoms with Crippen LogP contribution in [-0.4, -0.2) is 33.6 Å². The third kappa shape index (κ3) is 4.78. The van der Waals surface area contributed by atoms with Crippen LogP contribution < -0.4 is 18.9 Å². The summed E-state index contributed by atoms with van der Waals surface area (Å²) in [5.41, 5.74) is 1.53. The Morgan fingerprint density at radius 1 is 1.07 bits per heavy atom. The van der Waals surface area contributed by atoms with Gasteiger partial charge < -0.3 is 23.7 Å². The molecule has 3 rings (SSSR count).